The summed E-state index contributed by atoms with van der Waals surface area (Å²) in [5.41, 5.74) is 1.78. The van der Waals surface area contributed by atoms with E-state index in [-0.39, 0.29) is 12.0 Å². The summed E-state index contributed by atoms with van der Waals surface area (Å²) in [5, 5.41) is 84.6. The number of hydrogen-bond donors (Lipinski definition) is 10. The Hall–Kier alpha value is -2.41. The fraction of sp³-hybridized carbons (Fsp3) is 0.775. The third-order valence-corrected chi connectivity index (χ3v) is 10.7. The highest BCUT2D eigenvalue weighted by molar-refractivity contribution is 5.84. The van der Waals surface area contributed by atoms with Crippen LogP contribution in [0.3, 0.4) is 0 Å². The van der Waals surface area contributed by atoms with Crippen LogP contribution < -0.4 is 10.1 Å². The molecule has 11 atom stereocenters. The first-order valence-corrected chi connectivity index (χ1v) is 20.3. The molecule has 0 saturated carbocycles. The molecule has 4 rings (SSSR count). The molecule has 0 bridgehead atoms. The van der Waals surface area contributed by atoms with Crippen LogP contribution in [-0.2, 0) is 25.4 Å². The van der Waals surface area contributed by atoms with Gasteiger partial charge < -0.3 is 70.1 Å². The molecule has 7 unspecified atom stereocenters. The van der Waals surface area contributed by atoms with E-state index in [1.807, 2.05) is 13.1 Å². The Bertz CT molecular complexity index is 1380. The lowest BCUT2D eigenvalue weighted by Gasteiger charge is -2.42. The standard InChI is InChI=1S/C40H66N2O13/c1-25(44)15-13-11-9-7-5-3-2-4-6-8-10-12-14-16-32(45)41-20-19-26-22-42-29-18-17-27(21-28(26)29)53-40-38(51)36(49)34(47)31(55-40)24-52-39-37(50)35(48)33(46)30(23-43)54-39/h17-18,21-22,25,30-31,33-40,42-44,46-51H,2-16,19-20,23-24H2,1H3,(H,41,45)/t25?,30?,31?,33-,34-,35?,36?,37?,38?,39+,40+/m1/s1. The van der Waals surface area contributed by atoms with Gasteiger partial charge >= 0.3 is 0 Å². The lowest BCUT2D eigenvalue weighted by Crippen LogP contribution is -2.62. The number of benzene rings is 1. The summed E-state index contributed by atoms with van der Waals surface area (Å²) in [6.45, 7) is 1.21. The molecule has 2 aliphatic heterocycles. The Morgan fingerprint density at radius 1 is 0.764 bits per heavy atom. The normalized spacial score (nSPS) is 29.0. The van der Waals surface area contributed by atoms with E-state index in [0.717, 1.165) is 48.6 Å². The Morgan fingerprint density at radius 2 is 1.33 bits per heavy atom. The summed E-state index contributed by atoms with van der Waals surface area (Å²) < 4.78 is 22.5. The van der Waals surface area contributed by atoms with Gasteiger partial charge in [0.1, 0.15) is 54.6 Å². The minimum absolute atomic E-state index is 0.0315. The molecule has 3 heterocycles. The molecule has 55 heavy (non-hydrogen) atoms. The molecular formula is C40H66N2O13. The molecule has 0 aliphatic carbocycles. The number of aromatic amines is 1. The van der Waals surface area contributed by atoms with E-state index in [1.54, 1.807) is 18.2 Å². The molecule has 2 aromatic rings. The number of amides is 1. The molecule has 15 nitrogen and oxygen atoms in total. The van der Waals surface area contributed by atoms with Crippen LogP contribution in [0.5, 0.6) is 5.75 Å². The molecule has 2 aliphatic rings. The number of aromatic nitrogens is 1. The number of nitrogens with one attached hydrogen (secondary N) is 2. The number of rotatable bonds is 25. The highest BCUT2D eigenvalue weighted by atomic mass is 16.7. The summed E-state index contributed by atoms with van der Waals surface area (Å²) in [7, 11) is 0. The highest BCUT2D eigenvalue weighted by Gasteiger charge is 2.48. The van der Waals surface area contributed by atoms with E-state index < -0.39 is 74.6 Å². The van der Waals surface area contributed by atoms with Crippen LogP contribution in [0.15, 0.2) is 24.4 Å². The van der Waals surface area contributed by atoms with Crippen molar-refractivity contribution in [1.82, 2.24) is 10.3 Å². The summed E-state index contributed by atoms with van der Waals surface area (Å²) in [6.07, 6.45) is 4.14. The lowest BCUT2D eigenvalue weighted by molar-refractivity contribution is -0.323. The van der Waals surface area contributed by atoms with E-state index in [0.29, 0.717) is 25.1 Å². The van der Waals surface area contributed by atoms with Crippen LogP contribution in [-0.4, -0.2) is 139 Å². The van der Waals surface area contributed by atoms with Crippen LogP contribution in [0.4, 0.5) is 0 Å². The van der Waals surface area contributed by atoms with Crippen molar-refractivity contribution < 1.29 is 64.6 Å². The number of fused-ring (bicyclic) bond motifs is 1. The molecule has 314 valence electrons. The van der Waals surface area contributed by atoms with Gasteiger partial charge in [0.15, 0.2) is 6.29 Å². The number of aliphatic hydroxyl groups excluding tert-OH is 8. The third-order valence-electron chi connectivity index (χ3n) is 10.7. The largest absolute Gasteiger partial charge is 0.462 e. The second-order valence-corrected chi connectivity index (χ2v) is 15.3. The van der Waals surface area contributed by atoms with Gasteiger partial charge in [-0.05, 0) is 49.9 Å². The highest BCUT2D eigenvalue weighted by Crippen LogP contribution is 2.30. The number of aliphatic hydroxyl groups is 8. The molecule has 1 aromatic heterocycles. The van der Waals surface area contributed by atoms with Crippen LogP contribution in [0.25, 0.3) is 10.9 Å². The molecule has 15 heteroatoms. The molecule has 2 fully saturated rings. The van der Waals surface area contributed by atoms with Gasteiger partial charge in [-0.1, -0.05) is 77.0 Å². The van der Waals surface area contributed by atoms with Crippen LogP contribution in [0, 0.1) is 0 Å². The third kappa shape index (κ3) is 14.2. The monoisotopic (exact) mass is 782 g/mol. The Kier molecular flexibility index (Phi) is 19.5. The number of carbonyl (C=O) groups excluding carboxylic acids is 1. The summed E-state index contributed by atoms with van der Waals surface area (Å²) in [6, 6.07) is 5.19. The topological polar surface area (TPSA) is 244 Å². The van der Waals surface area contributed by atoms with Gasteiger partial charge in [-0.15, -0.1) is 0 Å². The van der Waals surface area contributed by atoms with E-state index in [4.69, 9.17) is 18.9 Å². The minimum atomic E-state index is -1.68. The van der Waals surface area contributed by atoms with Crippen molar-refractivity contribution in [1.29, 1.82) is 0 Å². The van der Waals surface area contributed by atoms with Crippen molar-refractivity contribution in [2.45, 2.75) is 177 Å². The predicted molar refractivity (Wildman–Crippen MR) is 203 cm³/mol. The number of ether oxygens (including phenoxy) is 4. The zero-order valence-corrected chi connectivity index (χ0v) is 32.2. The first-order chi connectivity index (χ1) is 26.5. The van der Waals surface area contributed by atoms with E-state index in [2.05, 4.69) is 10.3 Å². The second-order valence-electron chi connectivity index (χ2n) is 15.3. The first-order valence-electron chi connectivity index (χ1n) is 20.3. The zero-order valence-electron chi connectivity index (χ0n) is 32.2. The van der Waals surface area contributed by atoms with E-state index >= 15 is 0 Å². The fourth-order valence-corrected chi connectivity index (χ4v) is 7.21. The van der Waals surface area contributed by atoms with Gasteiger partial charge in [0.05, 0.1) is 19.3 Å². The number of hydrogen-bond acceptors (Lipinski definition) is 13. The summed E-state index contributed by atoms with van der Waals surface area (Å²) >= 11 is 0. The van der Waals surface area contributed by atoms with Crippen molar-refractivity contribution in [3.63, 3.8) is 0 Å². The molecule has 0 radical (unpaired) electrons. The lowest BCUT2D eigenvalue weighted by atomic mass is 9.98. The number of H-pyrrole nitrogens is 1. The fourth-order valence-electron chi connectivity index (χ4n) is 7.21. The van der Waals surface area contributed by atoms with Gasteiger partial charge in [0.2, 0.25) is 12.2 Å². The van der Waals surface area contributed by atoms with E-state index in [1.165, 1.54) is 57.8 Å². The molecule has 0 spiro atoms. The summed E-state index contributed by atoms with van der Waals surface area (Å²) in [4.78, 5) is 15.7. The van der Waals surface area contributed by atoms with Crippen molar-refractivity contribution in [2.75, 3.05) is 19.8 Å². The second kappa shape index (κ2) is 23.7. The Balaban J connectivity index is 1.13. The van der Waals surface area contributed by atoms with E-state index in [9.17, 15) is 45.6 Å². The quantitative estimate of drug-likeness (QED) is 0.0650. The SMILES string of the molecule is CC(O)CCCCCCCCCCCCCCCC(=O)NCCc1c[nH]c2ccc(O[C@H]3OC(CO[C@H]4OC(CO)[C@@H](O)C(O)C4O)[C@@H](O)C(O)C3O)cc12. The average Bonchev–Trinajstić information content (AvgIpc) is 3.57. The number of carbonyl (C=O) groups is 1. The van der Waals surface area contributed by atoms with Gasteiger partial charge in [-0.25, -0.2) is 0 Å². The van der Waals surface area contributed by atoms with Crippen LogP contribution in [0.2, 0.25) is 0 Å². The Morgan fingerprint density at radius 3 is 1.95 bits per heavy atom. The van der Waals surface area contributed by atoms with Crippen LogP contribution >= 0.6 is 0 Å². The van der Waals surface area contributed by atoms with Gasteiger partial charge in [-0.2, -0.15) is 0 Å². The molecule has 10 N–H and O–H groups in total. The average molecular weight is 783 g/mol. The van der Waals surface area contributed by atoms with Gasteiger partial charge in [-0.3, -0.25) is 4.79 Å². The van der Waals surface area contributed by atoms with Crippen molar-refractivity contribution in [3.05, 3.63) is 30.0 Å². The zero-order chi connectivity index (χ0) is 39.7. The molecule has 1 amide bonds. The predicted octanol–water partition coefficient (Wildman–Crippen LogP) is 2.06. The maximum atomic E-state index is 12.5. The van der Waals surface area contributed by atoms with Crippen molar-refractivity contribution in [3.8, 4) is 5.75 Å². The smallest absolute Gasteiger partial charge is 0.229 e. The van der Waals surface area contributed by atoms with Crippen LogP contribution in [0.1, 0.15) is 109 Å². The minimum Gasteiger partial charge on any atom is -0.462 e. The molecule has 1 aromatic carbocycles. The maximum Gasteiger partial charge on any atom is 0.229 e. The molecule has 2 saturated heterocycles. The van der Waals surface area contributed by atoms with Crippen molar-refractivity contribution in [2.24, 2.45) is 0 Å². The summed E-state index contributed by atoms with van der Waals surface area (Å²) in [5.74, 6) is 0.346. The molecular weight excluding hydrogens is 716 g/mol. The van der Waals surface area contributed by atoms with Crippen molar-refractivity contribution >= 4 is 16.8 Å². The maximum absolute atomic E-state index is 12.5. The van der Waals surface area contributed by atoms with Gasteiger partial charge in [0, 0.05) is 30.1 Å². The van der Waals surface area contributed by atoms with Gasteiger partial charge in [0.25, 0.3) is 0 Å². The Labute approximate surface area is 324 Å². The number of unbranched alkanes of at least 4 members (excludes halogenated alkanes) is 12. The first kappa shape index (κ1) is 45.3.